The molecule has 1 aromatic carbocycles. The molecule has 1 fully saturated rings. The molecule has 19 heavy (non-hydrogen) atoms. The molecule has 1 aliphatic carbocycles. The molecule has 0 aromatic heterocycles. The molecule has 0 bridgehead atoms. The van der Waals surface area contributed by atoms with Crippen LogP contribution in [0.25, 0.3) is 0 Å². The number of anilines is 1. The van der Waals surface area contributed by atoms with Gasteiger partial charge in [-0.25, -0.2) is 0 Å². The summed E-state index contributed by atoms with van der Waals surface area (Å²) < 4.78 is 5.46. The molecule has 1 aliphatic rings. The highest BCUT2D eigenvalue weighted by Gasteiger charge is 2.21. The Labute approximate surface area is 117 Å². The lowest BCUT2D eigenvalue weighted by molar-refractivity contribution is 0.318. The molecule has 0 unspecified atom stereocenters. The van der Waals surface area contributed by atoms with Crippen LogP contribution in [0.15, 0.2) is 18.2 Å². The van der Waals surface area contributed by atoms with Crippen molar-refractivity contribution in [3.05, 3.63) is 23.8 Å². The average Bonchev–Trinajstić information content (AvgIpc) is 2.43. The van der Waals surface area contributed by atoms with Crippen LogP contribution in [-0.2, 0) is 0 Å². The summed E-state index contributed by atoms with van der Waals surface area (Å²) in [5.41, 5.74) is 2.39. The molecule has 2 nitrogen and oxygen atoms in total. The van der Waals surface area contributed by atoms with Gasteiger partial charge in [0.05, 0.1) is 12.8 Å². The molecule has 0 heterocycles. The van der Waals surface area contributed by atoms with E-state index in [2.05, 4.69) is 37.4 Å². The Morgan fingerprint density at radius 1 is 1.21 bits per heavy atom. The Balaban J connectivity index is 1.92. The monoisotopic (exact) mass is 261 g/mol. The summed E-state index contributed by atoms with van der Waals surface area (Å²) in [4.78, 5) is 0. The fourth-order valence-electron chi connectivity index (χ4n) is 3.14. The summed E-state index contributed by atoms with van der Waals surface area (Å²) in [5.74, 6) is 1.93. The Kier molecular flexibility index (Phi) is 5.12. The van der Waals surface area contributed by atoms with Gasteiger partial charge in [0.2, 0.25) is 0 Å². The number of ether oxygens (including phenoxy) is 1. The lowest BCUT2D eigenvalue weighted by Gasteiger charge is -2.30. The van der Waals surface area contributed by atoms with Crippen molar-refractivity contribution in [3.63, 3.8) is 0 Å². The molecule has 2 heteroatoms. The summed E-state index contributed by atoms with van der Waals surface area (Å²) in [7, 11) is 1.75. The lowest BCUT2D eigenvalue weighted by atomic mass is 9.83. The third-order valence-corrected chi connectivity index (χ3v) is 4.26. The van der Waals surface area contributed by atoms with Crippen LogP contribution in [0.5, 0.6) is 5.75 Å². The number of hydrogen-bond donors (Lipinski definition) is 1. The molecule has 1 aromatic rings. The second kappa shape index (κ2) is 6.83. The summed E-state index contributed by atoms with van der Waals surface area (Å²) in [5, 5.41) is 3.67. The second-order valence-electron chi connectivity index (χ2n) is 5.85. The first-order valence-corrected chi connectivity index (χ1v) is 7.64. The average molecular weight is 261 g/mol. The molecule has 0 spiro atoms. The van der Waals surface area contributed by atoms with Crippen LogP contribution in [0.2, 0.25) is 0 Å². The Morgan fingerprint density at radius 3 is 2.58 bits per heavy atom. The molecule has 0 aliphatic heterocycles. The maximum Gasteiger partial charge on any atom is 0.142 e. The number of aryl methyl sites for hydroxylation is 1. The standard InChI is InChI=1S/C17H27NO/c1-4-5-14-7-9-15(10-8-14)18-16-11-6-13(2)12-17(16)19-3/h6,11-12,14-15,18H,4-5,7-10H2,1-3H3. The molecule has 0 atom stereocenters. The Hall–Kier alpha value is -1.18. The maximum absolute atomic E-state index is 5.46. The van der Waals surface area contributed by atoms with Crippen LogP contribution < -0.4 is 10.1 Å². The molecule has 0 amide bonds. The van der Waals surface area contributed by atoms with E-state index in [1.807, 2.05) is 0 Å². The summed E-state index contributed by atoms with van der Waals surface area (Å²) in [6.45, 7) is 4.39. The van der Waals surface area contributed by atoms with Crippen molar-refractivity contribution in [1.29, 1.82) is 0 Å². The Morgan fingerprint density at radius 2 is 1.95 bits per heavy atom. The summed E-state index contributed by atoms with van der Waals surface area (Å²) in [6, 6.07) is 7.01. The molecule has 106 valence electrons. The zero-order valence-electron chi connectivity index (χ0n) is 12.5. The molecule has 0 saturated heterocycles. The predicted molar refractivity (Wildman–Crippen MR) is 82.0 cm³/mol. The van der Waals surface area contributed by atoms with E-state index in [1.165, 1.54) is 44.1 Å². The van der Waals surface area contributed by atoms with Crippen molar-refractivity contribution >= 4 is 5.69 Å². The summed E-state index contributed by atoms with van der Waals surface area (Å²) in [6.07, 6.45) is 8.07. The normalized spacial score (nSPS) is 23.1. The van der Waals surface area contributed by atoms with Crippen LogP contribution in [-0.4, -0.2) is 13.2 Å². The zero-order chi connectivity index (χ0) is 13.7. The van der Waals surface area contributed by atoms with Gasteiger partial charge in [-0.15, -0.1) is 0 Å². The van der Waals surface area contributed by atoms with E-state index in [4.69, 9.17) is 4.74 Å². The van der Waals surface area contributed by atoms with E-state index in [1.54, 1.807) is 7.11 Å². The third kappa shape index (κ3) is 3.89. The Bertz CT molecular complexity index is 394. The highest BCUT2D eigenvalue weighted by molar-refractivity contribution is 5.58. The van der Waals surface area contributed by atoms with Crippen molar-refractivity contribution in [2.45, 2.75) is 58.4 Å². The van der Waals surface area contributed by atoms with E-state index in [-0.39, 0.29) is 0 Å². The second-order valence-corrected chi connectivity index (χ2v) is 5.85. The van der Waals surface area contributed by atoms with Crippen molar-refractivity contribution in [2.24, 2.45) is 5.92 Å². The van der Waals surface area contributed by atoms with E-state index < -0.39 is 0 Å². The van der Waals surface area contributed by atoms with Gasteiger partial charge in [0.15, 0.2) is 0 Å². The van der Waals surface area contributed by atoms with Crippen molar-refractivity contribution in [3.8, 4) is 5.75 Å². The van der Waals surface area contributed by atoms with Crippen molar-refractivity contribution in [1.82, 2.24) is 0 Å². The minimum atomic E-state index is 0.615. The highest BCUT2D eigenvalue weighted by atomic mass is 16.5. The van der Waals surface area contributed by atoms with E-state index in [0.717, 1.165) is 17.4 Å². The van der Waals surface area contributed by atoms with Gasteiger partial charge in [-0.2, -0.15) is 0 Å². The first-order chi connectivity index (χ1) is 9.22. The number of nitrogens with one attached hydrogen (secondary N) is 1. The van der Waals surface area contributed by atoms with E-state index >= 15 is 0 Å². The molecular weight excluding hydrogens is 234 g/mol. The zero-order valence-corrected chi connectivity index (χ0v) is 12.5. The SMILES string of the molecule is CCCC1CCC(Nc2ccc(C)cc2OC)CC1. The molecule has 1 saturated carbocycles. The fourth-order valence-corrected chi connectivity index (χ4v) is 3.14. The first kappa shape index (κ1) is 14.2. The maximum atomic E-state index is 5.46. The van der Waals surface area contributed by atoms with Gasteiger partial charge in [0.1, 0.15) is 5.75 Å². The fraction of sp³-hybridized carbons (Fsp3) is 0.647. The van der Waals surface area contributed by atoms with Crippen LogP contribution in [0.4, 0.5) is 5.69 Å². The van der Waals surface area contributed by atoms with Crippen LogP contribution >= 0.6 is 0 Å². The molecule has 0 radical (unpaired) electrons. The largest absolute Gasteiger partial charge is 0.495 e. The van der Waals surface area contributed by atoms with Crippen molar-refractivity contribution in [2.75, 3.05) is 12.4 Å². The van der Waals surface area contributed by atoms with Gasteiger partial charge in [-0.05, 0) is 56.2 Å². The number of hydrogen-bond acceptors (Lipinski definition) is 2. The summed E-state index contributed by atoms with van der Waals surface area (Å²) >= 11 is 0. The molecule has 1 N–H and O–H groups in total. The minimum absolute atomic E-state index is 0.615. The quantitative estimate of drug-likeness (QED) is 0.824. The molecular formula is C17H27NO. The van der Waals surface area contributed by atoms with E-state index in [9.17, 15) is 0 Å². The lowest BCUT2D eigenvalue weighted by Crippen LogP contribution is -2.26. The van der Waals surface area contributed by atoms with Gasteiger partial charge in [0, 0.05) is 6.04 Å². The number of benzene rings is 1. The van der Waals surface area contributed by atoms with Crippen LogP contribution in [0.3, 0.4) is 0 Å². The first-order valence-electron chi connectivity index (χ1n) is 7.64. The molecule has 2 rings (SSSR count). The van der Waals surface area contributed by atoms with Gasteiger partial charge in [-0.1, -0.05) is 25.8 Å². The van der Waals surface area contributed by atoms with Crippen LogP contribution in [0, 0.1) is 12.8 Å². The van der Waals surface area contributed by atoms with Gasteiger partial charge in [0.25, 0.3) is 0 Å². The van der Waals surface area contributed by atoms with E-state index in [0.29, 0.717) is 6.04 Å². The van der Waals surface area contributed by atoms with Gasteiger partial charge >= 0.3 is 0 Å². The number of rotatable bonds is 5. The predicted octanol–water partition coefficient (Wildman–Crippen LogP) is 4.77. The van der Waals surface area contributed by atoms with Gasteiger partial charge in [-0.3, -0.25) is 0 Å². The third-order valence-electron chi connectivity index (χ3n) is 4.26. The minimum Gasteiger partial charge on any atom is -0.495 e. The highest BCUT2D eigenvalue weighted by Crippen LogP contribution is 2.32. The van der Waals surface area contributed by atoms with Crippen LogP contribution in [0.1, 0.15) is 51.0 Å². The number of methoxy groups -OCH3 is 1. The topological polar surface area (TPSA) is 21.3 Å². The van der Waals surface area contributed by atoms with Gasteiger partial charge < -0.3 is 10.1 Å². The smallest absolute Gasteiger partial charge is 0.142 e. The van der Waals surface area contributed by atoms with Crippen molar-refractivity contribution < 1.29 is 4.74 Å².